The molecule has 0 N–H and O–H groups in total. The average Bonchev–Trinajstić information content (AvgIpc) is 2.80. The number of thioether (sulfide) groups is 2. The quantitative estimate of drug-likeness (QED) is 0.173. The maximum atomic E-state index is 14.0. The van der Waals surface area contributed by atoms with Crippen molar-refractivity contribution in [3.63, 3.8) is 0 Å². The van der Waals surface area contributed by atoms with Gasteiger partial charge in [0.2, 0.25) is 0 Å². The van der Waals surface area contributed by atoms with Gasteiger partial charge >= 0.3 is 47.6 Å². The molecule has 40 heavy (non-hydrogen) atoms. The predicted octanol–water partition coefficient (Wildman–Crippen LogP) is 9.21. The van der Waals surface area contributed by atoms with Crippen LogP contribution in [0.3, 0.4) is 0 Å². The number of rotatable bonds is 11. The Morgan fingerprint density at radius 2 is 1.18 bits per heavy atom. The normalized spacial score (nSPS) is 16.6. The molecule has 0 bridgehead atoms. The Kier molecular flexibility index (Phi) is 9.26. The minimum atomic E-state index is -8.61. The zero-order valence-electron chi connectivity index (χ0n) is 19.3. The Bertz CT molecular complexity index is 1070. The number of aryl methyl sites for hydroxylation is 1. The maximum absolute atomic E-state index is 14.0. The molecule has 0 unspecified atom stereocenters. The number of halogens is 17. The van der Waals surface area contributed by atoms with Crippen LogP contribution < -0.4 is 4.74 Å². The minimum Gasteiger partial charge on any atom is -0.482 e. The van der Waals surface area contributed by atoms with E-state index in [1.807, 2.05) is 0 Å². The Morgan fingerprint density at radius 3 is 1.68 bits per heavy atom. The topological polar surface area (TPSA) is 9.23 Å². The molecule has 0 radical (unpaired) electrons. The van der Waals surface area contributed by atoms with E-state index in [4.69, 9.17) is 4.74 Å². The van der Waals surface area contributed by atoms with Crippen LogP contribution in [0.5, 0.6) is 5.75 Å². The molecule has 1 nitrogen and oxygen atoms in total. The maximum Gasteiger partial charge on any atom is 0.460 e. The lowest BCUT2D eigenvalue weighted by molar-refractivity contribution is -0.461. The van der Waals surface area contributed by atoms with Gasteiger partial charge in [0.25, 0.3) is 0 Å². The highest BCUT2D eigenvalue weighted by Crippen LogP contribution is 2.64. The van der Waals surface area contributed by atoms with Crippen molar-refractivity contribution in [2.24, 2.45) is 0 Å². The van der Waals surface area contributed by atoms with E-state index in [-0.39, 0.29) is 11.7 Å². The zero-order chi connectivity index (χ0) is 31.4. The van der Waals surface area contributed by atoms with Crippen LogP contribution in [0.15, 0.2) is 12.1 Å². The lowest BCUT2D eigenvalue weighted by Crippen LogP contribution is -2.74. The van der Waals surface area contributed by atoms with Crippen LogP contribution >= 0.6 is 23.5 Å². The van der Waals surface area contributed by atoms with Crippen LogP contribution in [0.2, 0.25) is 0 Å². The summed E-state index contributed by atoms with van der Waals surface area (Å²) in [5.74, 6) is -56.7. The summed E-state index contributed by atoms with van der Waals surface area (Å²) in [5.41, 5.74) is 1.65. The van der Waals surface area contributed by atoms with E-state index in [1.54, 1.807) is 13.0 Å². The number of hydrogen-bond donors (Lipinski definition) is 0. The first-order valence-electron chi connectivity index (χ1n) is 10.3. The molecule has 1 aliphatic rings. The summed E-state index contributed by atoms with van der Waals surface area (Å²) in [7, 11) is 0. The van der Waals surface area contributed by atoms with Crippen molar-refractivity contribution in [3.05, 3.63) is 28.8 Å². The van der Waals surface area contributed by atoms with Gasteiger partial charge < -0.3 is 4.74 Å². The molecule has 0 saturated carbocycles. The van der Waals surface area contributed by atoms with Gasteiger partial charge in [0, 0.05) is 29.1 Å². The largest absolute Gasteiger partial charge is 0.482 e. The molecule has 0 amide bonds. The number of hydrogen-bond acceptors (Lipinski definition) is 3. The number of alkyl halides is 17. The number of ether oxygens (including phenoxy) is 1. The van der Waals surface area contributed by atoms with E-state index in [1.165, 1.54) is 17.8 Å². The van der Waals surface area contributed by atoms with Crippen LogP contribution in [0.1, 0.15) is 23.1 Å². The van der Waals surface area contributed by atoms with Gasteiger partial charge in [-0.1, -0.05) is 17.7 Å². The summed E-state index contributed by atoms with van der Waals surface area (Å²) in [6.07, 6.45) is -10.2. The standard InChI is InChI=1S/C20H15F17OS2/c1-9-4-10(12-11(5-9)7-40-8-38-12)6-39-3-2-13(21,22)14(23,24)15(25,26)16(27,28)17(29,30)18(31,32)19(33,34)20(35,36)37/h4-5H,2-3,6-8H2,1H3. The van der Waals surface area contributed by atoms with Gasteiger partial charge in [-0.05, 0) is 12.7 Å². The van der Waals surface area contributed by atoms with Crippen LogP contribution in [-0.4, -0.2) is 59.3 Å². The summed E-state index contributed by atoms with van der Waals surface area (Å²) in [4.78, 5) is 0. The SMILES string of the molecule is Cc1cc(CSCCC(F)(F)C(F)(F)C(F)(F)C(F)(F)C(F)(F)C(F)(F)C(F)(F)C(F)(F)F)c2c(c1)CSCO2. The smallest absolute Gasteiger partial charge is 0.460 e. The van der Waals surface area contributed by atoms with Crippen LogP contribution in [0.25, 0.3) is 0 Å². The van der Waals surface area contributed by atoms with E-state index in [9.17, 15) is 74.6 Å². The van der Waals surface area contributed by atoms with Crippen molar-refractivity contribution >= 4 is 23.5 Å². The third kappa shape index (κ3) is 5.39. The molecule has 1 heterocycles. The first-order chi connectivity index (χ1) is 17.7. The highest BCUT2D eigenvalue weighted by atomic mass is 32.2. The second-order valence-electron chi connectivity index (χ2n) is 8.47. The van der Waals surface area contributed by atoms with E-state index in [0.717, 1.165) is 0 Å². The first-order valence-corrected chi connectivity index (χ1v) is 12.6. The van der Waals surface area contributed by atoms with Crippen LogP contribution in [0.4, 0.5) is 74.6 Å². The third-order valence-electron chi connectivity index (χ3n) is 5.54. The monoisotopic (exact) mass is 658 g/mol. The molecule has 2 rings (SSSR count). The first kappa shape index (κ1) is 34.7. The molecule has 1 aromatic carbocycles. The molecule has 0 atom stereocenters. The van der Waals surface area contributed by atoms with Crippen molar-refractivity contribution in [3.8, 4) is 5.75 Å². The Hall–Kier alpha value is -1.47. The fourth-order valence-corrected chi connectivity index (χ4v) is 5.01. The van der Waals surface area contributed by atoms with Crippen molar-refractivity contribution in [1.82, 2.24) is 0 Å². The molecule has 20 heteroatoms. The van der Waals surface area contributed by atoms with E-state index in [0.29, 0.717) is 40.0 Å². The third-order valence-corrected chi connectivity index (χ3v) is 7.34. The van der Waals surface area contributed by atoms with Gasteiger partial charge in [-0.3, -0.25) is 0 Å². The summed E-state index contributed by atoms with van der Waals surface area (Å²) < 4.78 is 232. The Morgan fingerprint density at radius 1 is 0.700 bits per heavy atom. The summed E-state index contributed by atoms with van der Waals surface area (Å²) in [5, 5.41) is 0. The highest BCUT2D eigenvalue weighted by molar-refractivity contribution is 7.98. The van der Waals surface area contributed by atoms with Gasteiger partial charge in [-0.25, -0.2) is 0 Å². The van der Waals surface area contributed by atoms with Crippen molar-refractivity contribution in [2.75, 3.05) is 11.7 Å². The Balaban J connectivity index is 2.28. The molecule has 0 saturated heterocycles. The lowest BCUT2D eigenvalue weighted by Gasteiger charge is -2.42. The Labute approximate surface area is 222 Å². The van der Waals surface area contributed by atoms with Gasteiger partial charge in [0.15, 0.2) is 0 Å². The molecule has 0 spiro atoms. The van der Waals surface area contributed by atoms with E-state index >= 15 is 0 Å². The number of fused-ring (bicyclic) bond motifs is 1. The number of benzene rings is 1. The zero-order valence-corrected chi connectivity index (χ0v) is 21.0. The fraction of sp³-hybridized carbons (Fsp3) is 0.700. The van der Waals surface area contributed by atoms with Crippen molar-refractivity contribution < 1.29 is 79.4 Å². The molecular weight excluding hydrogens is 643 g/mol. The fourth-order valence-electron chi connectivity index (χ4n) is 3.32. The molecule has 0 aromatic heterocycles. The molecule has 232 valence electrons. The predicted molar refractivity (Wildman–Crippen MR) is 109 cm³/mol. The molecular formula is C20H15F17OS2. The van der Waals surface area contributed by atoms with E-state index in [2.05, 4.69) is 0 Å². The second-order valence-corrected chi connectivity index (χ2v) is 10.5. The molecule has 0 fully saturated rings. The van der Waals surface area contributed by atoms with Crippen LogP contribution in [-0.2, 0) is 11.5 Å². The minimum absolute atomic E-state index is 0.180. The van der Waals surface area contributed by atoms with Crippen LogP contribution in [0, 0.1) is 6.92 Å². The molecule has 1 aromatic rings. The second kappa shape index (κ2) is 10.7. The summed E-state index contributed by atoms with van der Waals surface area (Å²) >= 11 is 1.70. The van der Waals surface area contributed by atoms with Gasteiger partial charge in [0.05, 0.1) is 0 Å². The van der Waals surface area contributed by atoms with Crippen molar-refractivity contribution in [2.45, 2.75) is 72.5 Å². The van der Waals surface area contributed by atoms with Crippen molar-refractivity contribution in [1.29, 1.82) is 0 Å². The summed E-state index contributed by atoms with van der Waals surface area (Å²) in [6.45, 7) is 1.62. The summed E-state index contributed by atoms with van der Waals surface area (Å²) in [6, 6.07) is 3.19. The highest BCUT2D eigenvalue weighted by Gasteiger charge is 2.95. The van der Waals surface area contributed by atoms with Gasteiger partial charge in [0.1, 0.15) is 11.7 Å². The molecule has 0 aliphatic carbocycles. The molecule has 1 aliphatic heterocycles. The lowest BCUT2D eigenvalue weighted by atomic mass is 9.88. The average molecular weight is 658 g/mol. The van der Waals surface area contributed by atoms with Gasteiger partial charge in [-0.15, -0.1) is 11.8 Å². The van der Waals surface area contributed by atoms with Gasteiger partial charge in [-0.2, -0.15) is 86.4 Å². The van der Waals surface area contributed by atoms with E-state index < -0.39 is 59.8 Å².